The summed E-state index contributed by atoms with van der Waals surface area (Å²) in [6, 6.07) is 14.8. The first-order chi connectivity index (χ1) is 13.5. The summed E-state index contributed by atoms with van der Waals surface area (Å²) in [6.45, 7) is 1.93. The van der Waals surface area contributed by atoms with Crippen LogP contribution in [-0.2, 0) is 0 Å². The quantitative estimate of drug-likeness (QED) is 0.424. The number of benzene rings is 2. The van der Waals surface area contributed by atoms with Gasteiger partial charge in [-0.25, -0.2) is 9.97 Å². The lowest BCUT2D eigenvalue weighted by Crippen LogP contribution is -2.23. The second kappa shape index (κ2) is 6.07. The SMILES string of the molecule is CC(Nc1nc2nc(N)c1-2)c1c(-c2ccccc2)[nH]c2c(Cl)cccc2c1=O. The molecular weight excluding hydrogens is 374 g/mol. The van der Waals surface area contributed by atoms with Crippen LogP contribution in [0, 0.1) is 0 Å². The molecule has 0 fully saturated rings. The maximum absolute atomic E-state index is 13.4. The van der Waals surface area contributed by atoms with Gasteiger partial charge in [-0.15, -0.1) is 0 Å². The predicted molar refractivity (Wildman–Crippen MR) is 112 cm³/mol. The summed E-state index contributed by atoms with van der Waals surface area (Å²) in [5, 5.41) is 4.36. The Morgan fingerprint density at radius 3 is 2.61 bits per heavy atom. The van der Waals surface area contributed by atoms with Gasteiger partial charge >= 0.3 is 0 Å². The van der Waals surface area contributed by atoms with E-state index in [9.17, 15) is 4.79 Å². The molecule has 6 nitrogen and oxygen atoms in total. The van der Waals surface area contributed by atoms with Crippen LogP contribution in [0.1, 0.15) is 18.5 Å². The van der Waals surface area contributed by atoms with Gasteiger partial charge in [0.25, 0.3) is 0 Å². The van der Waals surface area contributed by atoms with Crippen molar-refractivity contribution in [2.75, 3.05) is 11.1 Å². The van der Waals surface area contributed by atoms with Gasteiger partial charge < -0.3 is 16.0 Å². The molecule has 28 heavy (non-hydrogen) atoms. The van der Waals surface area contributed by atoms with Crippen molar-refractivity contribution in [1.29, 1.82) is 0 Å². The molecule has 0 saturated heterocycles. The fourth-order valence-corrected chi connectivity index (χ4v) is 3.84. The molecule has 2 aliphatic rings. The molecule has 0 aliphatic carbocycles. The van der Waals surface area contributed by atoms with Crippen LogP contribution in [0.3, 0.4) is 0 Å². The van der Waals surface area contributed by atoms with Gasteiger partial charge in [-0.3, -0.25) is 4.79 Å². The van der Waals surface area contributed by atoms with Crippen LogP contribution in [0.5, 0.6) is 0 Å². The average Bonchev–Trinajstić information content (AvgIpc) is 2.67. The van der Waals surface area contributed by atoms with E-state index in [1.54, 1.807) is 18.2 Å². The van der Waals surface area contributed by atoms with Crippen LogP contribution in [-0.4, -0.2) is 15.0 Å². The van der Waals surface area contributed by atoms with E-state index >= 15 is 0 Å². The molecular formula is C21H16ClN5O. The molecule has 3 heterocycles. The maximum atomic E-state index is 13.4. The molecule has 1 atom stereocenters. The van der Waals surface area contributed by atoms with Gasteiger partial charge in [-0.2, -0.15) is 0 Å². The molecule has 1 aromatic heterocycles. The van der Waals surface area contributed by atoms with E-state index < -0.39 is 0 Å². The molecule has 0 saturated carbocycles. The summed E-state index contributed by atoms with van der Waals surface area (Å²) in [4.78, 5) is 25.1. The summed E-state index contributed by atoms with van der Waals surface area (Å²) in [5.74, 6) is 1.80. The van der Waals surface area contributed by atoms with Crippen LogP contribution in [0.4, 0.5) is 11.6 Å². The highest BCUT2D eigenvalue weighted by Crippen LogP contribution is 2.41. The van der Waals surface area contributed by atoms with Crippen LogP contribution in [0.2, 0.25) is 5.02 Å². The fraction of sp³-hybridized carbons (Fsp3) is 0.0952. The molecule has 0 radical (unpaired) electrons. The van der Waals surface area contributed by atoms with Crippen LogP contribution in [0.15, 0.2) is 53.3 Å². The minimum Gasteiger partial charge on any atom is -0.383 e. The Balaban J connectivity index is 1.70. The Morgan fingerprint density at radius 1 is 1.11 bits per heavy atom. The van der Waals surface area contributed by atoms with Crippen molar-refractivity contribution >= 4 is 34.1 Å². The molecule has 3 aromatic rings. The lowest BCUT2D eigenvalue weighted by molar-refractivity contribution is 0.855. The van der Waals surface area contributed by atoms with Crippen LogP contribution >= 0.6 is 11.6 Å². The number of anilines is 2. The van der Waals surface area contributed by atoms with E-state index in [1.165, 1.54) is 0 Å². The standard InChI is InChI=1S/C21H16ClN5O/c1-10(24-20-15-19(23)26-21(15)27-20)14-16(11-6-3-2-4-7-11)25-17-12(18(14)28)8-5-9-13(17)22/h2-10H,1H3,(H,25,28)(H3,23,24,26,27). The molecule has 1 unspecified atom stereocenters. The number of nitrogens with two attached hydrogens (primary N) is 1. The van der Waals surface area contributed by atoms with Gasteiger partial charge in [-0.1, -0.05) is 48.0 Å². The molecule has 4 N–H and O–H groups in total. The highest BCUT2D eigenvalue weighted by atomic mass is 35.5. The number of H-pyrrole nitrogens is 1. The molecule has 2 aromatic carbocycles. The maximum Gasteiger partial charge on any atom is 0.195 e. The van der Waals surface area contributed by atoms with Crippen molar-refractivity contribution in [1.82, 2.24) is 15.0 Å². The van der Waals surface area contributed by atoms with E-state index in [0.29, 0.717) is 38.9 Å². The Bertz CT molecular complexity index is 1300. The predicted octanol–water partition coefficient (Wildman–Crippen LogP) is 4.37. The van der Waals surface area contributed by atoms with Gasteiger partial charge in [0, 0.05) is 10.9 Å². The lowest BCUT2D eigenvalue weighted by Gasteiger charge is -2.25. The molecule has 5 rings (SSSR count). The summed E-state index contributed by atoms with van der Waals surface area (Å²) in [5.41, 5.74) is 9.46. The van der Waals surface area contributed by atoms with E-state index in [2.05, 4.69) is 20.3 Å². The van der Waals surface area contributed by atoms with Gasteiger partial charge in [0.2, 0.25) is 0 Å². The molecule has 0 bridgehead atoms. The topological polar surface area (TPSA) is 96.7 Å². The van der Waals surface area contributed by atoms with Gasteiger partial charge in [0.15, 0.2) is 11.3 Å². The third-order valence-corrected chi connectivity index (χ3v) is 5.35. The molecule has 0 amide bonds. The van der Waals surface area contributed by atoms with Crippen molar-refractivity contribution in [3.05, 3.63) is 69.3 Å². The Labute approximate surface area is 165 Å². The Morgan fingerprint density at radius 2 is 1.89 bits per heavy atom. The minimum absolute atomic E-state index is 0.0699. The molecule has 7 heteroatoms. The first kappa shape index (κ1) is 16.8. The van der Waals surface area contributed by atoms with Gasteiger partial charge in [0.05, 0.1) is 22.3 Å². The van der Waals surface area contributed by atoms with Gasteiger partial charge in [0.1, 0.15) is 17.2 Å². The van der Waals surface area contributed by atoms with E-state index in [4.69, 9.17) is 17.3 Å². The largest absolute Gasteiger partial charge is 0.383 e. The third-order valence-electron chi connectivity index (χ3n) is 5.03. The van der Waals surface area contributed by atoms with Crippen molar-refractivity contribution < 1.29 is 0 Å². The minimum atomic E-state index is -0.302. The Kier molecular flexibility index (Phi) is 3.64. The summed E-state index contributed by atoms with van der Waals surface area (Å²) >= 11 is 6.36. The average molecular weight is 390 g/mol. The fourth-order valence-electron chi connectivity index (χ4n) is 3.62. The first-order valence-corrected chi connectivity index (χ1v) is 9.26. The number of aromatic nitrogens is 3. The monoisotopic (exact) mass is 389 g/mol. The number of hydrogen-bond donors (Lipinski definition) is 3. The zero-order chi connectivity index (χ0) is 19.4. The summed E-state index contributed by atoms with van der Waals surface area (Å²) in [7, 11) is 0. The third kappa shape index (κ3) is 2.38. The molecule has 0 spiro atoms. The lowest BCUT2D eigenvalue weighted by atomic mass is 9.97. The summed E-state index contributed by atoms with van der Waals surface area (Å²) in [6.07, 6.45) is 0. The number of pyridine rings is 1. The zero-order valence-electron chi connectivity index (χ0n) is 15.0. The first-order valence-electron chi connectivity index (χ1n) is 8.89. The van der Waals surface area contributed by atoms with Crippen LogP contribution in [0.25, 0.3) is 33.5 Å². The number of rotatable bonds is 4. The summed E-state index contributed by atoms with van der Waals surface area (Å²) < 4.78 is 0. The van der Waals surface area contributed by atoms with Gasteiger partial charge in [-0.05, 0) is 24.6 Å². The smallest absolute Gasteiger partial charge is 0.195 e. The number of nitrogen functional groups attached to an aromatic ring is 1. The number of para-hydroxylation sites is 1. The number of nitrogens with one attached hydrogen (secondary N) is 2. The molecule has 2 aliphatic heterocycles. The zero-order valence-corrected chi connectivity index (χ0v) is 15.7. The number of hydrogen-bond acceptors (Lipinski definition) is 5. The van der Waals surface area contributed by atoms with E-state index in [0.717, 1.165) is 16.8 Å². The van der Waals surface area contributed by atoms with E-state index in [1.807, 2.05) is 37.3 Å². The van der Waals surface area contributed by atoms with Crippen LogP contribution < -0.4 is 16.5 Å². The normalized spacial score (nSPS) is 12.8. The number of fused-ring (bicyclic) bond motifs is 2. The highest BCUT2D eigenvalue weighted by molar-refractivity contribution is 6.35. The van der Waals surface area contributed by atoms with E-state index in [-0.39, 0.29) is 11.5 Å². The number of aromatic amines is 1. The molecule has 138 valence electrons. The number of halogens is 1. The number of nitrogens with zero attached hydrogens (tertiary/aromatic N) is 2. The van der Waals surface area contributed by atoms with Crippen molar-refractivity contribution in [3.63, 3.8) is 0 Å². The van der Waals surface area contributed by atoms with Crippen molar-refractivity contribution in [3.8, 4) is 22.6 Å². The van der Waals surface area contributed by atoms with Crippen molar-refractivity contribution in [2.24, 2.45) is 0 Å². The second-order valence-electron chi connectivity index (χ2n) is 6.79. The Hall–Kier alpha value is -3.38. The highest BCUT2D eigenvalue weighted by Gasteiger charge is 2.29. The van der Waals surface area contributed by atoms with Crippen molar-refractivity contribution in [2.45, 2.75) is 13.0 Å². The second-order valence-corrected chi connectivity index (χ2v) is 7.20.